The van der Waals surface area contributed by atoms with E-state index in [-0.39, 0.29) is 0 Å². The van der Waals surface area contributed by atoms with Gasteiger partial charge in [-0.1, -0.05) is 23.8 Å². The van der Waals surface area contributed by atoms with E-state index >= 15 is 0 Å². The van der Waals surface area contributed by atoms with Crippen molar-refractivity contribution < 1.29 is 12.8 Å². The lowest BCUT2D eigenvalue weighted by Crippen LogP contribution is -2.34. The summed E-state index contributed by atoms with van der Waals surface area (Å²) in [5.74, 6) is 1.76. The highest BCUT2D eigenvalue weighted by molar-refractivity contribution is 7.89. The number of hydrogen-bond donors (Lipinski definition) is 0. The summed E-state index contributed by atoms with van der Waals surface area (Å²) in [5.41, 5.74) is 3.68. The molecule has 3 aromatic heterocycles. The molecule has 0 saturated carbocycles. The highest BCUT2D eigenvalue weighted by Gasteiger charge is 2.27. The molecule has 1 aromatic carbocycles. The van der Waals surface area contributed by atoms with Gasteiger partial charge < -0.3 is 4.42 Å². The predicted octanol–water partition coefficient (Wildman–Crippen LogP) is 3.29. The van der Waals surface area contributed by atoms with Crippen molar-refractivity contribution in [3.8, 4) is 0 Å². The van der Waals surface area contributed by atoms with Gasteiger partial charge in [-0.2, -0.15) is 4.31 Å². The number of rotatable bonds is 6. The summed E-state index contributed by atoms with van der Waals surface area (Å²) in [5, 5.41) is 8.38. The molecule has 0 aliphatic carbocycles. The lowest BCUT2D eigenvalue weighted by molar-refractivity contribution is 0.441. The van der Waals surface area contributed by atoms with Crippen molar-refractivity contribution in [2.75, 3.05) is 13.1 Å². The molecule has 5 rings (SSSR count). The maximum atomic E-state index is 13.0. The van der Waals surface area contributed by atoms with Crippen LogP contribution in [0.5, 0.6) is 0 Å². The van der Waals surface area contributed by atoms with Gasteiger partial charge in [0.2, 0.25) is 10.0 Å². The van der Waals surface area contributed by atoms with E-state index in [9.17, 15) is 8.42 Å². The number of nitrogens with zero attached hydrogens (tertiary/aromatic N) is 5. The van der Waals surface area contributed by atoms with Crippen LogP contribution in [0.15, 0.2) is 70.6 Å². The Balaban J connectivity index is 1.37. The summed E-state index contributed by atoms with van der Waals surface area (Å²) < 4.78 is 34.8. The molecule has 4 aromatic rings. The van der Waals surface area contributed by atoms with Crippen molar-refractivity contribution >= 4 is 21.2 Å². The quantitative estimate of drug-likeness (QED) is 0.448. The van der Waals surface area contributed by atoms with Crippen LogP contribution in [0, 0.1) is 6.92 Å². The molecular formula is C23H23N5O3S. The number of hydrogen-bond acceptors (Lipinski definition) is 6. The minimum atomic E-state index is -3.52. The van der Waals surface area contributed by atoms with E-state index in [1.807, 2.05) is 47.9 Å². The van der Waals surface area contributed by atoms with Crippen molar-refractivity contribution in [2.24, 2.45) is 0 Å². The Morgan fingerprint density at radius 1 is 1.12 bits per heavy atom. The Morgan fingerprint density at radius 2 is 1.97 bits per heavy atom. The van der Waals surface area contributed by atoms with Gasteiger partial charge >= 0.3 is 0 Å². The van der Waals surface area contributed by atoms with Crippen LogP contribution in [0.25, 0.3) is 11.2 Å². The fourth-order valence-corrected chi connectivity index (χ4v) is 5.32. The number of benzene rings is 1. The van der Waals surface area contributed by atoms with Crippen LogP contribution in [0.3, 0.4) is 0 Å². The van der Waals surface area contributed by atoms with E-state index < -0.39 is 10.0 Å². The van der Waals surface area contributed by atoms with Crippen LogP contribution >= 0.6 is 0 Å². The molecule has 1 aliphatic heterocycles. The normalized spacial score (nSPS) is 15.2. The molecule has 0 bridgehead atoms. The Morgan fingerprint density at radius 3 is 2.69 bits per heavy atom. The third kappa shape index (κ3) is 3.85. The second kappa shape index (κ2) is 8.33. The summed E-state index contributed by atoms with van der Waals surface area (Å²) in [7, 11) is -3.52. The van der Waals surface area contributed by atoms with Gasteiger partial charge in [0.05, 0.1) is 11.2 Å². The van der Waals surface area contributed by atoms with Crippen LogP contribution in [0.1, 0.15) is 29.1 Å². The summed E-state index contributed by atoms with van der Waals surface area (Å²) >= 11 is 0. The molecule has 0 N–H and O–H groups in total. The number of sulfonamides is 1. The van der Waals surface area contributed by atoms with E-state index in [1.165, 1.54) is 4.31 Å². The molecule has 4 heterocycles. The zero-order valence-corrected chi connectivity index (χ0v) is 18.5. The highest BCUT2D eigenvalue weighted by atomic mass is 32.2. The SMILES string of the molecule is Cc1ccc(S(=O)(=O)N2CC=C(c3cnc(CCc4ccco4)n4cnnc34)CC2)cc1. The number of furan rings is 1. The molecule has 0 spiro atoms. The van der Waals surface area contributed by atoms with E-state index in [4.69, 9.17) is 4.42 Å². The number of aryl methyl sites for hydroxylation is 3. The van der Waals surface area contributed by atoms with Gasteiger partial charge in [-0.05, 0) is 43.2 Å². The molecule has 0 fully saturated rings. The molecule has 8 nitrogen and oxygen atoms in total. The van der Waals surface area contributed by atoms with Gasteiger partial charge in [0.1, 0.15) is 17.9 Å². The summed E-state index contributed by atoms with van der Waals surface area (Å²) in [6.07, 6.45) is 9.12. The van der Waals surface area contributed by atoms with Gasteiger partial charge in [-0.3, -0.25) is 4.40 Å². The fraction of sp³-hybridized carbons (Fsp3) is 0.261. The minimum absolute atomic E-state index is 0.312. The van der Waals surface area contributed by atoms with Gasteiger partial charge in [0.25, 0.3) is 0 Å². The van der Waals surface area contributed by atoms with Gasteiger partial charge in [-0.15, -0.1) is 10.2 Å². The molecule has 0 atom stereocenters. The van der Waals surface area contributed by atoms with Crippen molar-refractivity contribution in [1.82, 2.24) is 23.9 Å². The lowest BCUT2D eigenvalue weighted by atomic mass is 10.0. The van der Waals surface area contributed by atoms with Gasteiger partial charge in [0.15, 0.2) is 5.65 Å². The maximum Gasteiger partial charge on any atom is 0.243 e. The first kappa shape index (κ1) is 20.6. The van der Waals surface area contributed by atoms with Crippen molar-refractivity contribution in [3.05, 3.63) is 84.0 Å². The third-order valence-corrected chi connectivity index (χ3v) is 7.64. The second-order valence-electron chi connectivity index (χ2n) is 7.85. The van der Waals surface area contributed by atoms with Gasteiger partial charge in [-0.25, -0.2) is 13.4 Å². The average molecular weight is 450 g/mol. The maximum absolute atomic E-state index is 13.0. The van der Waals surface area contributed by atoms with E-state index in [2.05, 4.69) is 15.2 Å². The minimum Gasteiger partial charge on any atom is -0.469 e. The Labute approximate surface area is 186 Å². The third-order valence-electron chi connectivity index (χ3n) is 5.76. The molecule has 0 amide bonds. The largest absolute Gasteiger partial charge is 0.469 e. The topological polar surface area (TPSA) is 93.6 Å². The van der Waals surface area contributed by atoms with Crippen molar-refractivity contribution in [3.63, 3.8) is 0 Å². The number of aromatic nitrogens is 4. The van der Waals surface area contributed by atoms with Crippen LogP contribution in [0.4, 0.5) is 0 Å². The Bertz CT molecular complexity index is 1370. The zero-order chi connectivity index (χ0) is 22.1. The van der Waals surface area contributed by atoms with E-state index in [1.54, 1.807) is 24.7 Å². The predicted molar refractivity (Wildman–Crippen MR) is 119 cm³/mol. The first-order valence-electron chi connectivity index (χ1n) is 10.5. The molecule has 164 valence electrons. The summed E-state index contributed by atoms with van der Waals surface area (Å²) in [4.78, 5) is 4.97. The lowest BCUT2D eigenvalue weighted by Gasteiger charge is -2.26. The molecule has 1 aliphatic rings. The Hall–Kier alpha value is -3.30. The fourth-order valence-electron chi connectivity index (χ4n) is 3.94. The standard InChI is InChI=1S/C23H23N5O3S/c1-17-4-7-20(8-5-17)32(29,30)27-12-10-18(11-13-27)21-15-24-22(28-16-25-26-23(21)28)9-6-19-3-2-14-31-19/h2-5,7-8,10,14-16H,6,9,11-13H2,1H3. The van der Waals surface area contributed by atoms with Gasteiger partial charge in [0, 0.05) is 37.7 Å². The molecule has 0 radical (unpaired) electrons. The first-order chi connectivity index (χ1) is 15.5. The Kier molecular flexibility index (Phi) is 5.36. The monoisotopic (exact) mass is 449 g/mol. The second-order valence-corrected chi connectivity index (χ2v) is 9.79. The zero-order valence-electron chi connectivity index (χ0n) is 17.7. The van der Waals surface area contributed by atoms with E-state index in [0.717, 1.165) is 40.4 Å². The molecule has 0 unspecified atom stereocenters. The smallest absolute Gasteiger partial charge is 0.243 e. The first-order valence-corrected chi connectivity index (χ1v) is 11.9. The van der Waals surface area contributed by atoms with E-state index in [0.29, 0.717) is 30.8 Å². The van der Waals surface area contributed by atoms with Crippen LogP contribution in [-0.2, 0) is 22.9 Å². The molecule has 9 heteroatoms. The van der Waals surface area contributed by atoms with Crippen molar-refractivity contribution in [2.45, 2.75) is 31.1 Å². The average Bonchev–Trinajstić information content (AvgIpc) is 3.50. The van der Waals surface area contributed by atoms with Crippen LogP contribution in [0.2, 0.25) is 0 Å². The summed E-state index contributed by atoms with van der Waals surface area (Å²) in [6, 6.07) is 10.8. The van der Waals surface area contributed by atoms with Crippen molar-refractivity contribution in [1.29, 1.82) is 0 Å². The molecule has 32 heavy (non-hydrogen) atoms. The van der Waals surface area contributed by atoms with Crippen LogP contribution < -0.4 is 0 Å². The molecular weight excluding hydrogens is 426 g/mol. The highest BCUT2D eigenvalue weighted by Crippen LogP contribution is 2.28. The molecule has 0 saturated heterocycles. The van der Waals surface area contributed by atoms with Crippen LogP contribution in [-0.4, -0.2) is 45.4 Å². The summed E-state index contributed by atoms with van der Waals surface area (Å²) in [6.45, 7) is 2.66. The number of fused-ring (bicyclic) bond motifs is 1.